The summed E-state index contributed by atoms with van der Waals surface area (Å²) >= 11 is 0. The number of carbonyl (C=O) groups excluding carboxylic acids is 1. The van der Waals surface area contributed by atoms with E-state index >= 15 is 0 Å². The molecule has 0 spiro atoms. The number of pyridine rings is 1. The maximum absolute atomic E-state index is 13.4. The summed E-state index contributed by atoms with van der Waals surface area (Å²) in [4.78, 5) is 17.2. The van der Waals surface area contributed by atoms with Crippen molar-refractivity contribution in [2.75, 3.05) is 13.1 Å². The van der Waals surface area contributed by atoms with Crippen molar-refractivity contribution in [3.8, 4) is 0 Å². The third-order valence-corrected chi connectivity index (χ3v) is 3.20. The summed E-state index contributed by atoms with van der Waals surface area (Å²) in [5.41, 5.74) is 0.0474. The lowest BCUT2D eigenvalue weighted by molar-refractivity contribution is 0.0758. The monoisotopic (exact) mass is 238 g/mol. The van der Waals surface area contributed by atoms with Crippen LogP contribution >= 0.6 is 0 Å². The highest BCUT2D eigenvalue weighted by Gasteiger charge is 2.30. The molecule has 1 aromatic heterocycles. The van der Waals surface area contributed by atoms with E-state index in [1.54, 1.807) is 11.8 Å². The Bertz CT molecular complexity index is 423. The van der Waals surface area contributed by atoms with Gasteiger partial charge in [-0.2, -0.15) is 0 Å². The second kappa shape index (κ2) is 4.79. The molecule has 0 bridgehead atoms. The molecule has 2 unspecified atom stereocenters. The predicted octanol–water partition coefficient (Wildman–Crippen LogP) is 1.06. The number of hydrogen-bond donors (Lipinski definition) is 1. The van der Waals surface area contributed by atoms with Gasteiger partial charge in [-0.25, -0.2) is 4.39 Å². The van der Waals surface area contributed by atoms with Crippen LogP contribution in [0.2, 0.25) is 0 Å². The quantitative estimate of drug-likeness (QED) is 0.838. The summed E-state index contributed by atoms with van der Waals surface area (Å²) in [6.45, 7) is 2.76. The van der Waals surface area contributed by atoms with Crippen LogP contribution in [-0.4, -0.2) is 40.1 Å². The molecule has 0 aliphatic carbocycles. The van der Waals surface area contributed by atoms with Crippen molar-refractivity contribution in [3.05, 3.63) is 29.8 Å². The fourth-order valence-electron chi connectivity index (χ4n) is 2.08. The highest BCUT2D eigenvalue weighted by molar-refractivity contribution is 5.94. The van der Waals surface area contributed by atoms with Gasteiger partial charge in [0.25, 0.3) is 5.91 Å². The Morgan fingerprint density at radius 3 is 3.06 bits per heavy atom. The number of hydrogen-bond acceptors (Lipinski definition) is 3. The van der Waals surface area contributed by atoms with Gasteiger partial charge in [-0.05, 0) is 19.4 Å². The second-order valence-electron chi connectivity index (χ2n) is 4.40. The van der Waals surface area contributed by atoms with Gasteiger partial charge in [0.2, 0.25) is 0 Å². The van der Waals surface area contributed by atoms with E-state index < -0.39 is 11.9 Å². The molecule has 92 valence electrons. The second-order valence-corrected chi connectivity index (χ2v) is 4.40. The normalized spacial score (nSPS) is 21.6. The third-order valence-electron chi connectivity index (χ3n) is 3.20. The minimum absolute atomic E-state index is 0.0474. The molecule has 0 radical (unpaired) electrons. The van der Waals surface area contributed by atoms with Gasteiger partial charge in [-0.15, -0.1) is 0 Å². The number of aliphatic hydroxyl groups is 1. The molecular formula is C12H15FN2O2. The number of carbonyl (C=O) groups is 1. The van der Waals surface area contributed by atoms with Gasteiger partial charge in [-0.1, -0.05) is 0 Å². The highest BCUT2D eigenvalue weighted by Crippen LogP contribution is 2.22. The summed E-state index contributed by atoms with van der Waals surface area (Å²) in [5, 5.41) is 9.45. The molecule has 4 nitrogen and oxygen atoms in total. The molecule has 2 heterocycles. The van der Waals surface area contributed by atoms with Crippen molar-refractivity contribution >= 4 is 5.91 Å². The maximum Gasteiger partial charge on any atom is 0.256 e. The standard InChI is InChI=1S/C12H15FN2O2/c1-8(16)9-3-5-15(7-9)12(17)10-2-4-14-6-11(10)13/h2,4,6,8-9,16H,3,5,7H2,1H3. The number of nitrogens with zero attached hydrogens (tertiary/aromatic N) is 2. The molecule has 1 fully saturated rings. The van der Waals surface area contributed by atoms with E-state index in [1.807, 2.05) is 0 Å². The molecule has 1 aromatic rings. The first kappa shape index (κ1) is 12.0. The first-order valence-corrected chi connectivity index (χ1v) is 5.66. The summed E-state index contributed by atoms with van der Waals surface area (Å²) in [6, 6.07) is 1.38. The molecule has 2 atom stereocenters. The van der Waals surface area contributed by atoms with Gasteiger partial charge in [0.15, 0.2) is 5.82 Å². The van der Waals surface area contributed by atoms with Gasteiger partial charge in [0.05, 0.1) is 17.9 Å². The summed E-state index contributed by atoms with van der Waals surface area (Å²) in [7, 11) is 0. The van der Waals surface area contributed by atoms with Gasteiger partial charge < -0.3 is 10.0 Å². The summed E-state index contributed by atoms with van der Waals surface area (Å²) in [5.74, 6) is -0.838. The van der Waals surface area contributed by atoms with Crippen LogP contribution in [0.25, 0.3) is 0 Å². The first-order chi connectivity index (χ1) is 8.09. The SMILES string of the molecule is CC(O)C1CCN(C(=O)c2ccncc2F)C1. The molecule has 1 aliphatic rings. The van der Waals surface area contributed by atoms with Crippen LogP contribution in [0.5, 0.6) is 0 Å². The lowest BCUT2D eigenvalue weighted by Gasteiger charge is -2.17. The van der Waals surface area contributed by atoms with Gasteiger partial charge in [0.1, 0.15) is 0 Å². The van der Waals surface area contributed by atoms with Crippen molar-refractivity contribution in [2.45, 2.75) is 19.4 Å². The average Bonchev–Trinajstić information content (AvgIpc) is 2.78. The molecule has 0 aromatic carbocycles. The van der Waals surface area contributed by atoms with Crippen LogP contribution in [0.3, 0.4) is 0 Å². The molecule has 1 amide bonds. The molecule has 5 heteroatoms. The number of aromatic nitrogens is 1. The molecule has 0 saturated carbocycles. The van der Waals surface area contributed by atoms with Crippen molar-refractivity contribution in [2.24, 2.45) is 5.92 Å². The largest absolute Gasteiger partial charge is 0.393 e. The smallest absolute Gasteiger partial charge is 0.256 e. The topological polar surface area (TPSA) is 53.4 Å². The van der Waals surface area contributed by atoms with Crippen LogP contribution in [0.4, 0.5) is 4.39 Å². The summed E-state index contributed by atoms with van der Waals surface area (Å²) < 4.78 is 13.4. The maximum atomic E-state index is 13.4. The fourth-order valence-corrected chi connectivity index (χ4v) is 2.08. The van der Waals surface area contributed by atoms with Gasteiger partial charge in [0, 0.05) is 25.2 Å². The third kappa shape index (κ3) is 2.44. The first-order valence-electron chi connectivity index (χ1n) is 5.66. The Kier molecular flexibility index (Phi) is 3.38. The molecule has 1 N–H and O–H groups in total. The lowest BCUT2D eigenvalue weighted by atomic mass is 10.0. The van der Waals surface area contributed by atoms with Gasteiger partial charge >= 0.3 is 0 Å². The Morgan fingerprint density at radius 1 is 1.71 bits per heavy atom. The molecule has 1 aliphatic heterocycles. The van der Waals surface area contributed by atoms with Crippen molar-refractivity contribution in [3.63, 3.8) is 0 Å². The summed E-state index contributed by atoms with van der Waals surface area (Å²) in [6.07, 6.45) is 2.76. The minimum atomic E-state index is -0.599. The molecule has 17 heavy (non-hydrogen) atoms. The van der Waals surface area contributed by atoms with Crippen LogP contribution in [0.1, 0.15) is 23.7 Å². The highest BCUT2D eigenvalue weighted by atomic mass is 19.1. The Morgan fingerprint density at radius 2 is 2.47 bits per heavy atom. The van der Waals surface area contributed by atoms with E-state index in [-0.39, 0.29) is 17.4 Å². The number of rotatable bonds is 2. The Hall–Kier alpha value is -1.49. The van der Waals surface area contributed by atoms with Crippen molar-refractivity contribution < 1.29 is 14.3 Å². The van der Waals surface area contributed by atoms with E-state index in [1.165, 1.54) is 12.3 Å². The van der Waals surface area contributed by atoms with Crippen LogP contribution < -0.4 is 0 Å². The van der Waals surface area contributed by atoms with E-state index in [0.717, 1.165) is 12.6 Å². The number of aliphatic hydroxyl groups excluding tert-OH is 1. The Labute approximate surface area is 99.1 Å². The fraction of sp³-hybridized carbons (Fsp3) is 0.500. The predicted molar refractivity (Wildman–Crippen MR) is 59.9 cm³/mol. The molecule has 2 rings (SSSR count). The van der Waals surface area contributed by atoms with E-state index in [0.29, 0.717) is 13.1 Å². The van der Waals surface area contributed by atoms with E-state index in [4.69, 9.17) is 0 Å². The van der Waals surface area contributed by atoms with Gasteiger partial charge in [-0.3, -0.25) is 9.78 Å². The number of halogens is 1. The zero-order chi connectivity index (χ0) is 12.4. The Balaban J connectivity index is 2.10. The zero-order valence-corrected chi connectivity index (χ0v) is 9.64. The van der Waals surface area contributed by atoms with Crippen LogP contribution in [0.15, 0.2) is 18.5 Å². The van der Waals surface area contributed by atoms with Crippen molar-refractivity contribution in [1.82, 2.24) is 9.88 Å². The number of likely N-dealkylation sites (tertiary alicyclic amines) is 1. The lowest BCUT2D eigenvalue weighted by Crippen LogP contribution is -2.31. The van der Waals surface area contributed by atoms with Crippen LogP contribution in [0, 0.1) is 11.7 Å². The minimum Gasteiger partial charge on any atom is -0.393 e. The number of amides is 1. The van der Waals surface area contributed by atoms with Crippen LogP contribution in [-0.2, 0) is 0 Å². The zero-order valence-electron chi connectivity index (χ0n) is 9.64. The van der Waals surface area contributed by atoms with Crippen molar-refractivity contribution in [1.29, 1.82) is 0 Å². The average molecular weight is 238 g/mol. The molecule has 1 saturated heterocycles. The molecular weight excluding hydrogens is 223 g/mol. The van der Waals surface area contributed by atoms with E-state index in [2.05, 4.69) is 4.98 Å². The van der Waals surface area contributed by atoms with E-state index in [9.17, 15) is 14.3 Å².